The Morgan fingerprint density at radius 2 is 1.95 bits per heavy atom. The van der Waals surface area contributed by atoms with Crippen molar-refractivity contribution in [3.63, 3.8) is 0 Å². The minimum absolute atomic E-state index is 0.0115. The highest BCUT2D eigenvalue weighted by Gasteiger charge is 2.14. The van der Waals surface area contributed by atoms with Crippen LogP contribution in [0.15, 0.2) is 36.7 Å². The standard InChI is InChI=1S/C15H19N3O2/c1-4-20-12-7-5-11(6-8-12)15(16-2)13-9-14(19-3)18-10-17-13/h5-10,15-16H,4H2,1-3H3. The van der Waals surface area contributed by atoms with E-state index < -0.39 is 0 Å². The number of ether oxygens (including phenoxy) is 2. The number of hydrogen-bond donors (Lipinski definition) is 1. The monoisotopic (exact) mass is 273 g/mol. The Hall–Kier alpha value is -2.14. The molecule has 0 saturated heterocycles. The first-order valence-corrected chi connectivity index (χ1v) is 6.54. The Labute approximate surface area is 119 Å². The number of benzene rings is 1. The lowest BCUT2D eigenvalue weighted by Crippen LogP contribution is -2.19. The molecule has 0 radical (unpaired) electrons. The Morgan fingerprint density at radius 1 is 1.20 bits per heavy atom. The second-order valence-corrected chi connectivity index (χ2v) is 4.21. The molecule has 0 aliphatic rings. The summed E-state index contributed by atoms with van der Waals surface area (Å²) in [5.74, 6) is 1.42. The fourth-order valence-electron chi connectivity index (χ4n) is 2.03. The van der Waals surface area contributed by atoms with Gasteiger partial charge in [-0.25, -0.2) is 9.97 Å². The van der Waals surface area contributed by atoms with Crippen LogP contribution >= 0.6 is 0 Å². The summed E-state index contributed by atoms with van der Waals surface area (Å²) in [6, 6.07) is 9.80. The van der Waals surface area contributed by atoms with E-state index in [9.17, 15) is 0 Å². The zero-order chi connectivity index (χ0) is 14.4. The van der Waals surface area contributed by atoms with E-state index in [1.165, 1.54) is 6.33 Å². The van der Waals surface area contributed by atoms with Crippen LogP contribution in [0.3, 0.4) is 0 Å². The maximum absolute atomic E-state index is 5.45. The minimum atomic E-state index is -0.0115. The van der Waals surface area contributed by atoms with Crippen LogP contribution in [0.1, 0.15) is 24.2 Å². The zero-order valence-corrected chi connectivity index (χ0v) is 12.0. The molecule has 2 rings (SSSR count). The molecule has 0 saturated carbocycles. The largest absolute Gasteiger partial charge is 0.494 e. The van der Waals surface area contributed by atoms with Crippen molar-refractivity contribution >= 4 is 0 Å². The topological polar surface area (TPSA) is 56.3 Å². The van der Waals surface area contributed by atoms with Crippen molar-refractivity contribution in [2.24, 2.45) is 0 Å². The van der Waals surface area contributed by atoms with Gasteiger partial charge in [0.2, 0.25) is 5.88 Å². The molecule has 1 aromatic heterocycles. The average Bonchev–Trinajstić information content (AvgIpc) is 2.50. The second-order valence-electron chi connectivity index (χ2n) is 4.21. The summed E-state index contributed by atoms with van der Waals surface area (Å²) in [6.07, 6.45) is 1.51. The first-order valence-electron chi connectivity index (χ1n) is 6.54. The van der Waals surface area contributed by atoms with Crippen LogP contribution in [0.5, 0.6) is 11.6 Å². The smallest absolute Gasteiger partial charge is 0.216 e. The number of hydrogen-bond acceptors (Lipinski definition) is 5. The molecule has 1 unspecified atom stereocenters. The van der Waals surface area contributed by atoms with Crippen LogP contribution in [0.2, 0.25) is 0 Å². The molecule has 106 valence electrons. The van der Waals surface area contributed by atoms with E-state index in [1.807, 2.05) is 44.3 Å². The quantitative estimate of drug-likeness (QED) is 0.874. The van der Waals surface area contributed by atoms with Gasteiger partial charge in [-0.3, -0.25) is 0 Å². The van der Waals surface area contributed by atoms with E-state index in [4.69, 9.17) is 9.47 Å². The van der Waals surface area contributed by atoms with Gasteiger partial charge in [0, 0.05) is 6.07 Å². The van der Waals surface area contributed by atoms with E-state index in [0.29, 0.717) is 12.5 Å². The molecule has 0 bridgehead atoms. The van der Waals surface area contributed by atoms with Gasteiger partial charge in [0.05, 0.1) is 25.5 Å². The molecule has 0 amide bonds. The maximum Gasteiger partial charge on any atom is 0.216 e. The van der Waals surface area contributed by atoms with E-state index in [2.05, 4.69) is 15.3 Å². The van der Waals surface area contributed by atoms with Gasteiger partial charge < -0.3 is 14.8 Å². The molecule has 5 heteroatoms. The summed E-state index contributed by atoms with van der Waals surface area (Å²) in [5.41, 5.74) is 1.97. The highest BCUT2D eigenvalue weighted by molar-refractivity contribution is 5.34. The molecule has 1 heterocycles. The van der Waals surface area contributed by atoms with Crippen molar-refractivity contribution in [2.75, 3.05) is 20.8 Å². The minimum Gasteiger partial charge on any atom is -0.494 e. The predicted molar refractivity (Wildman–Crippen MR) is 77.1 cm³/mol. The van der Waals surface area contributed by atoms with Gasteiger partial charge >= 0.3 is 0 Å². The summed E-state index contributed by atoms with van der Waals surface area (Å²) in [4.78, 5) is 8.33. The van der Waals surface area contributed by atoms with Crippen molar-refractivity contribution in [3.8, 4) is 11.6 Å². The SMILES string of the molecule is CCOc1ccc(C(NC)c2cc(OC)ncn2)cc1. The Bertz CT molecular complexity index is 543. The van der Waals surface area contributed by atoms with Gasteiger partial charge in [-0.05, 0) is 31.7 Å². The van der Waals surface area contributed by atoms with E-state index in [0.717, 1.165) is 17.0 Å². The highest BCUT2D eigenvalue weighted by atomic mass is 16.5. The molecule has 0 fully saturated rings. The first kappa shape index (κ1) is 14.3. The van der Waals surface area contributed by atoms with Crippen molar-refractivity contribution in [1.82, 2.24) is 15.3 Å². The fraction of sp³-hybridized carbons (Fsp3) is 0.333. The molecule has 20 heavy (non-hydrogen) atoms. The number of nitrogens with zero attached hydrogens (tertiary/aromatic N) is 2. The molecular formula is C15H19N3O2. The molecule has 2 aromatic rings. The summed E-state index contributed by atoms with van der Waals surface area (Å²) in [7, 11) is 3.49. The molecule has 5 nitrogen and oxygen atoms in total. The summed E-state index contributed by atoms with van der Waals surface area (Å²) in [6.45, 7) is 2.63. The number of nitrogens with one attached hydrogen (secondary N) is 1. The van der Waals surface area contributed by atoms with Crippen LogP contribution in [-0.2, 0) is 0 Å². The Kier molecular flexibility index (Phi) is 4.90. The molecule has 0 spiro atoms. The third-order valence-corrected chi connectivity index (χ3v) is 2.98. The third-order valence-electron chi connectivity index (χ3n) is 2.98. The number of aromatic nitrogens is 2. The molecule has 1 atom stereocenters. The average molecular weight is 273 g/mol. The lowest BCUT2D eigenvalue weighted by molar-refractivity contribution is 0.340. The number of methoxy groups -OCH3 is 1. The predicted octanol–water partition coefficient (Wildman–Crippen LogP) is 2.19. The number of rotatable bonds is 6. The summed E-state index contributed by atoms with van der Waals surface area (Å²) in [5, 5.41) is 3.25. The normalized spacial score (nSPS) is 11.9. The van der Waals surface area contributed by atoms with Crippen LogP contribution in [-0.4, -0.2) is 30.7 Å². The van der Waals surface area contributed by atoms with Crippen LogP contribution in [0, 0.1) is 0 Å². The molecule has 0 aliphatic heterocycles. The highest BCUT2D eigenvalue weighted by Crippen LogP contribution is 2.23. The molecule has 1 N–H and O–H groups in total. The van der Waals surface area contributed by atoms with Crippen LogP contribution < -0.4 is 14.8 Å². The Balaban J connectivity index is 2.26. The fourth-order valence-corrected chi connectivity index (χ4v) is 2.03. The van der Waals surface area contributed by atoms with Crippen molar-refractivity contribution in [2.45, 2.75) is 13.0 Å². The Morgan fingerprint density at radius 3 is 2.55 bits per heavy atom. The van der Waals surface area contributed by atoms with Gasteiger partial charge in [-0.1, -0.05) is 12.1 Å². The van der Waals surface area contributed by atoms with Crippen molar-refractivity contribution < 1.29 is 9.47 Å². The zero-order valence-electron chi connectivity index (χ0n) is 12.0. The van der Waals surface area contributed by atoms with Gasteiger partial charge in [0.1, 0.15) is 12.1 Å². The van der Waals surface area contributed by atoms with E-state index in [-0.39, 0.29) is 6.04 Å². The van der Waals surface area contributed by atoms with Gasteiger partial charge in [-0.15, -0.1) is 0 Å². The lowest BCUT2D eigenvalue weighted by Gasteiger charge is -2.17. The summed E-state index contributed by atoms with van der Waals surface area (Å²) >= 11 is 0. The van der Waals surface area contributed by atoms with Gasteiger partial charge in [-0.2, -0.15) is 0 Å². The first-order chi connectivity index (χ1) is 9.78. The van der Waals surface area contributed by atoms with Crippen LogP contribution in [0.25, 0.3) is 0 Å². The van der Waals surface area contributed by atoms with Crippen LogP contribution in [0.4, 0.5) is 0 Å². The van der Waals surface area contributed by atoms with Gasteiger partial charge in [0.25, 0.3) is 0 Å². The van der Waals surface area contributed by atoms with Crippen molar-refractivity contribution in [1.29, 1.82) is 0 Å². The van der Waals surface area contributed by atoms with E-state index >= 15 is 0 Å². The van der Waals surface area contributed by atoms with E-state index in [1.54, 1.807) is 7.11 Å². The lowest BCUT2D eigenvalue weighted by atomic mass is 10.0. The van der Waals surface area contributed by atoms with Crippen molar-refractivity contribution in [3.05, 3.63) is 47.9 Å². The molecular weight excluding hydrogens is 254 g/mol. The third kappa shape index (κ3) is 3.24. The van der Waals surface area contributed by atoms with Gasteiger partial charge in [0.15, 0.2) is 0 Å². The maximum atomic E-state index is 5.45. The molecule has 0 aliphatic carbocycles. The summed E-state index contributed by atoms with van der Waals surface area (Å²) < 4.78 is 10.6. The second kappa shape index (κ2) is 6.86. The molecule has 1 aromatic carbocycles.